The van der Waals surface area contributed by atoms with Crippen molar-refractivity contribution < 1.29 is 4.39 Å². The molecule has 0 N–H and O–H groups in total. The molecule has 1 saturated heterocycles. The highest BCUT2D eigenvalue weighted by atomic mass is 19.1. The van der Waals surface area contributed by atoms with Crippen molar-refractivity contribution in [1.29, 1.82) is 0 Å². The van der Waals surface area contributed by atoms with Crippen LogP contribution in [-0.4, -0.2) is 18.0 Å². The Labute approximate surface area is 118 Å². The third-order valence-corrected chi connectivity index (χ3v) is 4.42. The van der Waals surface area contributed by atoms with Crippen LogP contribution in [0.5, 0.6) is 0 Å². The molecule has 1 heterocycles. The van der Waals surface area contributed by atoms with E-state index in [1.54, 1.807) is 6.07 Å². The largest absolute Gasteiger partial charge is 0.297 e. The van der Waals surface area contributed by atoms with Crippen LogP contribution < -0.4 is 0 Å². The molecule has 4 rings (SSSR count). The maximum absolute atomic E-state index is 13.8. The number of rotatable bonds is 2. The van der Waals surface area contributed by atoms with Gasteiger partial charge in [-0.3, -0.25) is 4.90 Å². The van der Waals surface area contributed by atoms with Crippen LogP contribution in [0.15, 0.2) is 54.6 Å². The number of likely N-dealkylation sites (tertiary alicyclic amines) is 1. The van der Waals surface area contributed by atoms with Crippen LogP contribution in [0.3, 0.4) is 0 Å². The molecule has 100 valence electrons. The second kappa shape index (κ2) is 4.29. The van der Waals surface area contributed by atoms with Crippen molar-refractivity contribution in [2.75, 3.05) is 13.1 Å². The van der Waals surface area contributed by atoms with E-state index in [1.807, 2.05) is 18.2 Å². The van der Waals surface area contributed by atoms with Gasteiger partial charge in [0.1, 0.15) is 5.82 Å². The second-order valence-electron chi connectivity index (χ2n) is 5.82. The first-order chi connectivity index (χ1) is 9.77. The minimum absolute atomic E-state index is 0.0478. The van der Waals surface area contributed by atoms with Gasteiger partial charge < -0.3 is 0 Å². The van der Waals surface area contributed by atoms with E-state index in [0.29, 0.717) is 0 Å². The molecule has 0 atom stereocenters. The molecule has 1 spiro atoms. The summed E-state index contributed by atoms with van der Waals surface area (Å²) in [5, 5.41) is 0. The third-order valence-electron chi connectivity index (χ3n) is 4.42. The highest BCUT2D eigenvalue weighted by molar-refractivity contribution is 5.67. The Hall–Kier alpha value is -1.93. The van der Waals surface area contributed by atoms with Gasteiger partial charge in [0.05, 0.1) is 0 Å². The van der Waals surface area contributed by atoms with Crippen molar-refractivity contribution in [3.8, 4) is 0 Å². The van der Waals surface area contributed by atoms with Crippen molar-refractivity contribution >= 4 is 6.08 Å². The number of nitrogens with zero attached hydrogens (tertiary/aromatic N) is 1. The van der Waals surface area contributed by atoms with E-state index >= 15 is 0 Å². The molecule has 0 unspecified atom stereocenters. The average Bonchev–Trinajstić information content (AvgIpc) is 2.81. The molecule has 0 radical (unpaired) electrons. The molecule has 2 heteroatoms. The first kappa shape index (κ1) is 11.9. The lowest BCUT2D eigenvalue weighted by molar-refractivity contribution is 0.0921. The van der Waals surface area contributed by atoms with E-state index < -0.39 is 0 Å². The highest BCUT2D eigenvalue weighted by Gasteiger charge is 2.45. The summed E-state index contributed by atoms with van der Waals surface area (Å²) in [4.78, 5) is 2.42. The summed E-state index contributed by atoms with van der Waals surface area (Å²) in [5.41, 5.74) is 3.32. The summed E-state index contributed by atoms with van der Waals surface area (Å²) in [6, 6.07) is 15.9. The predicted molar refractivity (Wildman–Crippen MR) is 78.8 cm³/mol. The van der Waals surface area contributed by atoms with Gasteiger partial charge in [-0.1, -0.05) is 54.6 Å². The zero-order valence-corrected chi connectivity index (χ0v) is 11.2. The van der Waals surface area contributed by atoms with Crippen LogP contribution >= 0.6 is 0 Å². The summed E-state index contributed by atoms with van der Waals surface area (Å²) in [7, 11) is 0. The van der Waals surface area contributed by atoms with Crippen molar-refractivity contribution in [3.63, 3.8) is 0 Å². The minimum Gasteiger partial charge on any atom is -0.297 e. The smallest absolute Gasteiger partial charge is 0.130 e. The molecule has 2 aromatic rings. The van der Waals surface area contributed by atoms with Gasteiger partial charge in [-0.05, 0) is 17.2 Å². The lowest BCUT2D eigenvalue weighted by Gasteiger charge is -2.48. The SMILES string of the molecule is Fc1cccc2c1C=CC21CN(Cc2ccccc2)C1. The summed E-state index contributed by atoms with van der Waals surface area (Å²) in [6.07, 6.45) is 4.13. The van der Waals surface area contributed by atoms with Gasteiger partial charge in [-0.15, -0.1) is 0 Å². The molecule has 0 bridgehead atoms. The topological polar surface area (TPSA) is 3.24 Å². The van der Waals surface area contributed by atoms with E-state index in [2.05, 4.69) is 41.3 Å². The molecule has 2 aromatic carbocycles. The zero-order chi connectivity index (χ0) is 13.6. The quantitative estimate of drug-likeness (QED) is 0.802. The van der Waals surface area contributed by atoms with Gasteiger partial charge in [-0.25, -0.2) is 4.39 Å². The van der Waals surface area contributed by atoms with Gasteiger partial charge >= 0.3 is 0 Å². The Balaban J connectivity index is 1.53. The van der Waals surface area contributed by atoms with Gasteiger partial charge in [0.15, 0.2) is 0 Å². The second-order valence-corrected chi connectivity index (χ2v) is 5.82. The molecular formula is C18H16FN. The van der Waals surface area contributed by atoms with E-state index in [1.165, 1.54) is 5.56 Å². The first-order valence-corrected chi connectivity index (χ1v) is 7.01. The van der Waals surface area contributed by atoms with Gasteiger partial charge in [0.2, 0.25) is 0 Å². The van der Waals surface area contributed by atoms with Crippen LogP contribution in [0.1, 0.15) is 16.7 Å². The normalized spacial score (nSPS) is 19.1. The number of hydrogen-bond donors (Lipinski definition) is 0. The Morgan fingerprint density at radius 3 is 2.60 bits per heavy atom. The first-order valence-electron chi connectivity index (χ1n) is 7.01. The van der Waals surface area contributed by atoms with E-state index in [0.717, 1.165) is 30.8 Å². The van der Waals surface area contributed by atoms with Crippen LogP contribution in [-0.2, 0) is 12.0 Å². The van der Waals surface area contributed by atoms with Crippen LogP contribution in [0, 0.1) is 5.82 Å². The lowest BCUT2D eigenvalue weighted by Crippen LogP contribution is -2.56. The Bertz CT molecular complexity index is 669. The number of halogens is 1. The van der Waals surface area contributed by atoms with Crippen LogP contribution in [0.25, 0.3) is 6.08 Å². The molecule has 1 nitrogen and oxygen atoms in total. The van der Waals surface area contributed by atoms with Crippen LogP contribution in [0.4, 0.5) is 4.39 Å². The Morgan fingerprint density at radius 2 is 1.80 bits per heavy atom. The van der Waals surface area contributed by atoms with Crippen molar-refractivity contribution in [3.05, 3.63) is 77.1 Å². The summed E-state index contributed by atoms with van der Waals surface area (Å²) >= 11 is 0. The number of fused-ring (bicyclic) bond motifs is 2. The van der Waals surface area contributed by atoms with Crippen LogP contribution in [0.2, 0.25) is 0 Å². The van der Waals surface area contributed by atoms with Gasteiger partial charge in [0.25, 0.3) is 0 Å². The molecular weight excluding hydrogens is 249 g/mol. The average molecular weight is 265 g/mol. The fraction of sp³-hybridized carbons (Fsp3) is 0.222. The van der Waals surface area contributed by atoms with E-state index in [4.69, 9.17) is 0 Å². The number of hydrogen-bond acceptors (Lipinski definition) is 1. The molecule has 1 aliphatic heterocycles. The third kappa shape index (κ3) is 1.72. The highest BCUT2D eigenvalue weighted by Crippen LogP contribution is 2.44. The minimum atomic E-state index is -0.0999. The Kier molecular flexibility index (Phi) is 2.54. The standard InChI is InChI=1S/C18H16FN/c19-17-8-4-7-16-15(17)9-10-18(16)12-20(13-18)11-14-5-2-1-3-6-14/h1-10H,11-13H2. The summed E-state index contributed by atoms with van der Waals surface area (Å²) in [6.45, 7) is 2.94. The molecule has 0 amide bonds. The zero-order valence-electron chi connectivity index (χ0n) is 11.2. The summed E-state index contributed by atoms with van der Waals surface area (Å²) < 4.78 is 13.8. The maximum Gasteiger partial charge on any atom is 0.130 e. The molecule has 0 saturated carbocycles. The fourth-order valence-corrected chi connectivity index (χ4v) is 3.45. The van der Waals surface area contributed by atoms with Crippen molar-refractivity contribution in [2.24, 2.45) is 0 Å². The fourth-order valence-electron chi connectivity index (χ4n) is 3.45. The maximum atomic E-state index is 13.8. The van der Waals surface area contributed by atoms with E-state index in [9.17, 15) is 4.39 Å². The number of benzene rings is 2. The summed E-state index contributed by atoms with van der Waals surface area (Å²) in [5.74, 6) is -0.0999. The molecule has 2 aliphatic rings. The molecule has 1 aliphatic carbocycles. The predicted octanol–water partition coefficient (Wildman–Crippen LogP) is 3.61. The van der Waals surface area contributed by atoms with E-state index in [-0.39, 0.29) is 11.2 Å². The Morgan fingerprint density at radius 1 is 1.00 bits per heavy atom. The van der Waals surface area contributed by atoms with Gasteiger partial charge in [0, 0.05) is 30.6 Å². The van der Waals surface area contributed by atoms with Gasteiger partial charge in [-0.2, -0.15) is 0 Å². The molecule has 1 fully saturated rings. The molecule has 0 aromatic heterocycles. The van der Waals surface area contributed by atoms with Crippen molar-refractivity contribution in [2.45, 2.75) is 12.0 Å². The van der Waals surface area contributed by atoms with Crippen molar-refractivity contribution in [1.82, 2.24) is 4.90 Å². The lowest BCUT2D eigenvalue weighted by atomic mass is 9.75. The monoisotopic (exact) mass is 265 g/mol. The molecule has 20 heavy (non-hydrogen) atoms.